The molecule has 0 aliphatic heterocycles. The summed E-state index contributed by atoms with van der Waals surface area (Å²) in [5, 5.41) is 3.32. The summed E-state index contributed by atoms with van der Waals surface area (Å²) >= 11 is 0. The summed E-state index contributed by atoms with van der Waals surface area (Å²) in [6.45, 7) is 7.80. The van der Waals surface area contributed by atoms with Gasteiger partial charge in [0.2, 0.25) is 5.88 Å². The first kappa shape index (κ1) is 15.4. The Bertz CT molecular complexity index is 599. The molecule has 0 unspecified atom stereocenters. The molecule has 0 atom stereocenters. The van der Waals surface area contributed by atoms with Crippen molar-refractivity contribution in [3.05, 3.63) is 53.5 Å². The molecular formula is C17H21FN2O. The number of aromatic nitrogens is 1. The van der Waals surface area contributed by atoms with E-state index < -0.39 is 0 Å². The molecule has 0 amide bonds. The molecule has 1 aromatic carbocycles. The van der Waals surface area contributed by atoms with E-state index in [4.69, 9.17) is 4.74 Å². The molecule has 2 rings (SSSR count). The molecular weight excluding hydrogens is 267 g/mol. The zero-order valence-electron chi connectivity index (χ0n) is 12.7. The third-order valence-corrected chi connectivity index (χ3v) is 2.94. The van der Waals surface area contributed by atoms with Crippen LogP contribution in [0.25, 0.3) is 0 Å². The average molecular weight is 288 g/mol. The van der Waals surface area contributed by atoms with Crippen molar-refractivity contribution >= 4 is 0 Å². The Morgan fingerprint density at radius 3 is 2.81 bits per heavy atom. The Morgan fingerprint density at radius 2 is 2.05 bits per heavy atom. The van der Waals surface area contributed by atoms with E-state index in [0.29, 0.717) is 18.3 Å². The molecule has 21 heavy (non-hydrogen) atoms. The highest BCUT2D eigenvalue weighted by atomic mass is 19.1. The highest BCUT2D eigenvalue weighted by Gasteiger charge is 2.06. The molecule has 0 spiro atoms. The second-order valence-electron chi connectivity index (χ2n) is 5.53. The summed E-state index contributed by atoms with van der Waals surface area (Å²) in [6, 6.07) is 10.3. The van der Waals surface area contributed by atoms with E-state index in [2.05, 4.69) is 24.1 Å². The standard InChI is InChI=1S/C17H21FN2O/c1-12(2)10-19-11-14-5-4-6-17(20-14)21-16-9-13(3)7-8-15(16)18/h4-9,12,19H,10-11H2,1-3H3. The first-order valence-electron chi connectivity index (χ1n) is 7.15. The van der Waals surface area contributed by atoms with E-state index in [-0.39, 0.29) is 11.6 Å². The molecule has 4 heteroatoms. The summed E-state index contributed by atoms with van der Waals surface area (Å²) in [4.78, 5) is 4.38. The van der Waals surface area contributed by atoms with E-state index in [0.717, 1.165) is 17.8 Å². The van der Waals surface area contributed by atoms with E-state index in [1.807, 2.05) is 19.1 Å². The normalized spacial score (nSPS) is 10.9. The van der Waals surface area contributed by atoms with Crippen LogP contribution in [0, 0.1) is 18.7 Å². The third-order valence-electron chi connectivity index (χ3n) is 2.94. The van der Waals surface area contributed by atoms with Crippen LogP contribution in [0.3, 0.4) is 0 Å². The first-order valence-corrected chi connectivity index (χ1v) is 7.15. The van der Waals surface area contributed by atoms with E-state index in [1.54, 1.807) is 18.2 Å². The average Bonchev–Trinajstić information content (AvgIpc) is 2.43. The molecule has 0 aliphatic carbocycles. The van der Waals surface area contributed by atoms with Gasteiger partial charge in [0.1, 0.15) is 0 Å². The monoisotopic (exact) mass is 288 g/mol. The molecule has 0 bridgehead atoms. The van der Waals surface area contributed by atoms with Crippen LogP contribution in [0.5, 0.6) is 11.6 Å². The van der Waals surface area contributed by atoms with Crippen molar-refractivity contribution in [1.82, 2.24) is 10.3 Å². The molecule has 0 radical (unpaired) electrons. The molecule has 2 aromatic rings. The smallest absolute Gasteiger partial charge is 0.219 e. The predicted molar refractivity (Wildman–Crippen MR) is 82.0 cm³/mol. The number of nitrogens with one attached hydrogen (secondary N) is 1. The minimum absolute atomic E-state index is 0.204. The van der Waals surface area contributed by atoms with Crippen LogP contribution in [-0.4, -0.2) is 11.5 Å². The quantitative estimate of drug-likeness (QED) is 0.870. The maximum Gasteiger partial charge on any atom is 0.219 e. The summed E-state index contributed by atoms with van der Waals surface area (Å²) in [6.07, 6.45) is 0. The second kappa shape index (κ2) is 7.18. The third kappa shape index (κ3) is 4.83. The van der Waals surface area contributed by atoms with Gasteiger partial charge in [0.15, 0.2) is 11.6 Å². The fourth-order valence-electron chi connectivity index (χ4n) is 1.90. The van der Waals surface area contributed by atoms with Gasteiger partial charge in [0.25, 0.3) is 0 Å². The number of rotatable bonds is 6. The zero-order valence-corrected chi connectivity index (χ0v) is 12.7. The van der Waals surface area contributed by atoms with Gasteiger partial charge >= 0.3 is 0 Å². The Kier molecular flexibility index (Phi) is 5.28. The van der Waals surface area contributed by atoms with Crippen molar-refractivity contribution in [3.63, 3.8) is 0 Å². The lowest BCUT2D eigenvalue weighted by Gasteiger charge is -2.09. The number of hydrogen-bond acceptors (Lipinski definition) is 3. The molecule has 3 nitrogen and oxygen atoms in total. The Hall–Kier alpha value is -1.94. The Balaban J connectivity index is 2.05. The highest BCUT2D eigenvalue weighted by Crippen LogP contribution is 2.24. The maximum absolute atomic E-state index is 13.7. The van der Waals surface area contributed by atoms with E-state index >= 15 is 0 Å². The zero-order chi connectivity index (χ0) is 15.2. The molecule has 0 saturated heterocycles. The minimum Gasteiger partial charge on any atom is -0.436 e. The van der Waals surface area contributed by atoms with E-state index in [1.165, 1.54) is 6.07 Å². The molecule has 112 valence electrons. The summed E-state index contributed by atoms with van der Waals surface area (Å²) in [5.41, 5.74) is 1.82. The minimum atomic E-state index is -0.384. The molecule has 0 saturated carbocycles. The van der Waals surface area contributed by atoms with Gasteiger partial charge in [0, 0.05) is 12.6 Å². The summed E-state index contributed by atoms with van der Waals surface area (Å²) in [7, 11) is 0. The number of benzene rings is 1. The Labute approximate surface area is 125 Å². The molecule has 0 fully saturated rings. The van der Waals surface area contributed by atoms with Crippen LogP contribution >= 0.6 is 0 Å². The molecule has 1 heterocycles. The Morgan fingerprint density at radius 1 is 1.24 bits per heavy atom. The van der Waals surface area contributed by atoms with Gasteiger partial charge in [-0.3, -0.25) is 0 Å². The van der Waals surface area contributed by atoms with Crippen molar-refractivity contribution in [2.75, 3.05) is 6.54 Å². The summed E-state index contributed by atoms with van der Waals surface area (Å²) < 4.78 is 19.2. The van der Waals surface area contributed by atoms with E-state index in [9.17, 15) is 4.39 Å². The van der Waals surface area contributed by atoms with Gasteiger partial charge in [-0.05, 0) is 43.1 Å². The lowest BCUT2D eigenvalue weighted by Crippen LogP contribution is -2.19. The second-order valence-corrected chi connectivity index (χ2v) is 5.53. The molecule has 1 aromatic heterocycles. The van der Waals surface area contributed by atoms with Gasteiger partial charge in [-0.25, -0.2) is 9.37 Å². The number of hydrogen-bond donors (Lipinski definition) is 1. The van der Waals surface area contributed by atoms with Crippen molar-refractivity contribution in [2.24, 2.45) is 5.92 Å². The number of aryl methyl sites for hydroxylation is 1. The van der Waals surface area contributed by atoms with Gasteiger partial charge in [-0.15, -0.1) is 0 Å². The van der Waals surface area contributed by atoms with Crippen LogP contribution in [-0.2, 0) is 6.54 Å². The fourth-order valence-corrected chi connectivity index (χ4v) is 1.90. The van der Waals surface area contributed by atoms with Gasteiger partial charge in [0.05, 0.1) is 5.69 Å². The van der Waals surface area contributed by atoms with Crippen LogP contribution in [0.15, 0.2) is 36.4 Å². The van der Waals surface area contributed by atoms with Gasteiger partial charge < -0.3 is 10.1 Å². The van der Waals surface area contributed by atoms with Crippen molar-refractivity contribution in [2.45, 2.75) is 27.3 Å². The molecule has 0 aliphatic rings. The lowest BCUT2D eigenvalue weighted by molar-refractivity contribution is 0.424. The van der Waals surface area contributed by atoms with Gasteiger partial charge in [-0.1, -0.05) is 26.0 Å². The highest BCUT2D eigenvalue weighted by molar-refractivity contribution is 5.32. The van der Waals surface area contributed by atoms with Gasteiger partial charge in [-0.2, -0.15) is 0 Å². The predicted octanol–water partition coefficient (Wildman–Crippen LogP) is 4.07. The lowest BCUT2D eigenvalue weighted by atomic mass is 10.2. The number of ether oxygens (including phenoxy) is 1. The van der Waals surface area contributed by atoms with Crippen LogP contribution in [0.2, 0.25) is 0 Å². The summed E-state index contributed by atoms with van der Waals surface area (Å²) in [5.74, 6) is 0.815. The first-order chi connectivity index (χ1) is 10.0. The maximum atomic E-state index is 13.7. The SMILES string of the molecule is Cc1ccc(F)c(Oc2cccc(CNCC(C)C)n2)c1. The van der Waals surface area contributed by atoms with Crippen LogP contribution in [0.1, 0.15) is 25.1 Å². The topological polar surface area (TPSA) is 34.1 Å². The largest absolute Gasteiger partial charge is 0.436 e. The number of halogens is 1. The van der Waals surface area contributed by atoms with Crippen LogP contribution in [0.4, 0.5) is 4.39 Å². The number of pyridine rings is 1. The van der Waals surface area contributed by atoms with Crippen molar-refractivity contribution in [1.29, 1.82) is 0 Å². The molecule has 1 N–H and O–H groups in total. The number of nitrogens with zero attached hydrogens (tertiary/aromatic N) is 1. The fraction of sp³-hybridized carbons (Fsp3) is 0.353. The van der Waals surface area contributed by atoms with Crippen molar-refractivity contribution in [3.8, 4) is 11.6 Å². The van der Waals surface area contributed by atoms with Crippen molar-refractivity contribution < 1.29 is 9.13 Å². The van der Waals surface area contributed by atoms with Crippen LogP contribution < -0.4 is 10.1 Å².